The molecule has 438 valence electrons. The van der Waals surface area contributed by atoms with Gasteiger partial charge in [-0.2, -0.15) is 5.10 Å². The zero-order valence-corrected chi connectivity index (χ0v) is 49.0. The highest BCUT2D eigenvalue weighted by Gasteiger charge is 2.30. The van der Waals surface area contributed by atoms with Crippen molar-refractivity contribution in [2.75, 3.05) is 25.4 Å². The molecular weight excluding hydrogens is 1150 g/mol. The Hall–Kier alpha value is -10.2. The van der Waals surface area contributed by atoms with Crippen LogP contribution < -0.4 is 15.2 Å². The standard InChI is InChI=1S/C70H56Cl2FN9O6/c1-40(64-52(71)17-18-53(73)69(64)72)88-62-36-45(37-75-70(62)74)46-38-76-82(39-46)47-27-29-81(30-28-47)63(86)16-2-3-31-87-51-15-7-11-44(35-51)68-60-25-23-58(79-60)66(42-9-5-13-49(84)33-42)56-21-19-54(77-56)65(41-8-4-12-48(83)32-41)55-20-22-57(78-55)67(59-24-26-61(68)80-59)43-10-6-14-50(85)34-43/h4-15,17-26,32-40,47,83-85H,2-3,16,27-31H2,1H3,(H2,74,75). The van der Waals surface area contributed by atoms with Gasteiger partial charge in [-0.3, -0.25) is 9.48 Å². The Morgan fingerprint density at radius 1 is 0.625 bits per heavy atom. The summed E-state index contributed by atoms with van der Waals surface area (Å²) in [6.07, 6.45) is 23.3. The number of fused-ring (bicyclic) bond motifs is 4. The van der Waals surface area contributed by atoms with Crippen molar-refractivity contribution in [3.8, 4) is 39.9 Å². The molecule has 6 aliphatic rings. The third-order valence-electron chi connectivity index (χ3n) is 16.0. The van der Waals surface area contributed by atoms with Crippen molar-refractivity contribution in [2.45, 2.75) is 51.2 Å². The number of aliphatic imine (C=N–C) groups is 4. The molecule has 1 atom stereocenters. The van der Waals surface area contributed by atoms with Crippen LogP contribution in [0.1, 0.15) is 79.0 Å². The van der Waals surface area contributed by atoms with Crippen LogP contribution in [0.3, 0.4) is 0 Å². The van der Waals surface area contributed by atoms with Gasteiger partial charge >= 0.3 is 0 Å². The van der Waals surface area contributed by atoms with Crippen LogP contribution >= 0.6 is 23.2 Å². The number of benzene rings is 5. The van der Waals surface area contributed by atoms with E-state index in [4.69, 9.17) is 58.4 Å². The number of rotatable bonds is 15. The number of aromatic hydroxyl groups is 3. The number of allylic oxidation sites excluding steroid dienone is 12. The average Bonchev–Trinajstić information content (AvgIpc) is 1.96. The van der Waals surface area contributed by atoms with Crippen molar-refractivity contribution >= 4 is 80.1 Å². The Balaban J connectivity index is 0.713. The monoisotopic (exact) mass is 1210 g/mol. The molecule has 0 spiro atoms. The zero-order chi connectivity index (χ0) is 60.6. The molecule has 1 unspecified atom stereocenters. The number of aromatic nitrogens is 3. The predicted octanol–water partition coefficient (Wildman–Crippen LogP) is 14.6. The second kappa shape index (κ2) is 24.3. The quantitative estimate of drug-likeness (QED) is 0.0568. The van der Waals surface area contributed by atoms with Gasteiger partial charge in [-0.25, -0.2) is 29.3 Å². The Labute approximate surface area is 516 Å². The summed E-state index contributed by atoms with van der Waals surface area (Å²) < 4.78 is 28.8. The number of unbranched alkanes of at least 4 members (excludes halogenated alkanes) is 1. The third-order valence-corrected chi connectivity index (χ3v) is 16.7. The molecule has 0 radical (unpaired) electrons. The summed E-state index contributed by atoms with van der Waals surface area (Å²) in [5, 5.41) is 37.2. The molecule has 8 heterocycles. The molecule has 1 fully saturated rings. The van der Waals surface area contributed by atoms with E-state index in [-0.39, 0.29) is 45.1 Å². The van der Waals surface area contributed by atoms with Crippen LogP contribution in [0.15, 0.2) is 225 Å². The van der Waals surface area contributed by atoms with Gasteiger partial charge in [0, 0.05) is 75.9 Å². The van der Waals surface area contributed by atoms with E-state index in [1.54, 1.807) is 80.0 Å². The number of halogens is 3. The number of hydrogen-bond donors (Lipinski definition) is 4. The number of carbonyl (C=O) groups is 1. The highest BCUT2D eigenvalue weighted by atomic mass is 35.5. The smallest absolute Gasteiger partial charge is 0.222 e. The molecule has 6 aliphatic heterocycles. The van der Waals surface area contributed by atoms with Gasteiger partial charge in [-0.05, 0) is 170 Å². The van der Waals surface area contributed by atoms with Gasteiger partial charge in [0.1, 0.15) is 34.9 Å². The number of nitrogens with two attached hydrogens (primary N) is 1. The second-order valence-electron chi connectivity index (χ2n) is 21.8. The van der Waals surface area contributed by atoms with E-state index in [9.17, 15) is 24.5 Å². The molecular formula is C70H56Cl2FN9O6. The highest BCUT2D eigenvalue weighted by molar-refractivity contribution is 6.40. The van der Waals surface area contributed by atoms with Crippen LogP contribution in [-0.2, 0) is 4.79 Å². The Kier molecular flexibility index (Phi) is 15.7. The number of nitrogens with zero attached hydrogens (tertiary/aromatic N) is 8. The molecule has 88 heavy (non-hydrogen) atoms. The molecule has 5 aromatic carbocycles. The van der Waals surface area contributed by atoms with Crippen LogP contribution in [0.25, 0.3) is 33.4 Å². The fourth-order valence-corrected chi connectivity index (χ4v) is 12.3. The minimum atomic E-state index is -0.722. The topological polar surface area (TPSA) is 206 Å². The maximum absolute atomic E-state index is 14.3. The summed E-state index contributed by atoms with van der Waals surface area (Å²) in [4.78, 5) is 41.0. The van der Waals surface area contributed by atoms with Crippen molar-refractivity contribution in [3.63, 3.8) is 0 Å². The van der Waals surface area contributed by atoms with E-state index in [0.29, 0.717) is 135 Å². The van der Waals surface area contributed by atoms with E-state index < -0.39 is 11.9 Å². The molecule has 1 saturated heterocycles. The first-order valence-corrected chi connectivity index (χ1v) is 29.6. The number of anilines is 1. The SMILES string of the molecule is CC(Oc1cc(-c2cnn(C3CCN(C(=O)CCCCOc4cccc(C5=C6C=CC(=N6)C(c6cccc(O)c6)=C6C=CC(=N6)C(c6cccc(O)c6)=C6C=CC(=N6)C(c6cccc(O)c6)=C6C=CC5=N6)c4)CC3)c2)cnc1N)c1c(Cl)ccc(F)c1Cl. The molecule has 0 aliphatic carbocycles. The van der Waals surface area contributed by atoms with E-state index in [1.165, 1.54) is 12.1 Å². The van der Waals surface area contributed by atoms with Crippen LogP contribution in [-0.4, -0.2) is 83.4 Å². The number of likely N-dealkylation sites (tertiary alicyclic amines) is 1. The predicted molar refractivity (Wildman–Crippen MR) is 344 cm³/mol. The summed E-state index contributed by atoms with van der Waals surface area (Å²) in [6.45, 7) is 3.30. The van der Waals surface area contributed by atoms with Crippen molar-refractivity contribution in [1.29, 1.82) is 0 Å². The van der Waals surface area contributed by atoms with Gasteiger partial charge in [-0.1, -0.05) is 71.7 Å². The van der Waals surface area contributed by atoms with Crippen LogP contribution in [0.4, 0.5) is 10.2 Å². The normalized spacial score (nSPS) is 16.7. The highest BCUT2D eigenvalue weighted by Crippen LogP contribution is 2.42. The lowest BCUT2D eigenvalue weighted by Gasteiger charge is -2.32. The number of piperidine rings is 1. The maximum atomic E-state index is 14.3. The zero-order valence-electron chi connectivity index (χ0n) is 47.5. The Bertz CT molecular complexity index is 4400. The second-order valence-corrected chi connectivity index (χ2v) is 22.6. The Morgan fingerprint density at radius 2 is 1.12 bits per heavy atom. The van der Waals surface area contributed by atoms with E-state index in [1.807, 2.05) is 107 Å². The molecule has 13 rings (SSSR count). The lowest BCUT2D eigenvalue weighted by molar-refractivity contribution is -0.132. The summed E-state index contributed by atoms with van der Waals surface area (Å²) in [5.74, 6) is 0.855. The van der Waals surface area contributed by atoms with Gasteiger partial charge in [-0.15, -0.1) is 0 Å². The largest absolute Gasteiger partial charge is 0.508 e. The van der Waals surface area contributed by atoms with E-state index in [0.717, 1.165) is 35.1 Å². The van der Waals surface area contributed by atoms with E-state index in [2.05, 4.69) is 10.1 Å². The summed E-state index contributed by atoms with van der Waals surface area (Å²) >= 11 is 12.6. The minimum Gasteiger partial charge on any atom is -0.508 e. The van der Waals surface area contributed by atoms with Crippen molar-refractivity contribution in [1.82, 2.24) is 19.7 Å². The fraction of sp³-hybridized carbons (Fsp3) is 0.157. The van der Waals surface area contributed by atoms with Gasteiger partial charge in [0.25, 0.3) is 0 Å². The third kappa shape index (κ3) is 11.7. The van der Waals surface area contributed by atoms with Crippen LogP contribution in [0.2, 0.25) is 10.0 Å². The first kappa shape index (κ1) is 56.9. The molecule has 5 N–H and O–H groups in total. The number of phenols is 3. The summed E-state index contributed by atoms with van der Waals surface area (Å²) in [6, 6.07) is 33.4. The van der Waals surface area contributed by atoms with Crippen molar-refractivity contribution in [3.05, 3.63) is 249 Å². The molecule has 7 aromatic rings. The van der Waals surface area contributed by atoms with Gasteiger partial charge < -0.3 is 35.4 Å². The maximum Gasteiger partial charge on any atom is 0.222 e. The molecule has 15 nitrogen and oxygen atoms in total. The number of amides is 1. The first-order chi connectivity index (χ1) is 42.8. The van der Waals surface area contributed by atoms with Gasteiger partial charge in [0.05, 0.1) is 69.5 Å². The van der Waals surface area contributed by atoms with Crippen LogP contribution in [0.5, 0.6) is 28.7 Å². The molecule has 0 saturated carbocycles. The number of hydrogen-bond acceptors (Lipinski definition) is 13. The summed E-state index contributed by atoms with van der Waals surface area (Å²) in [7, 11) is 0. The summed E-state index contributed by atoms with van der Waals surface area (Å²) in [5.41, 5.74) is 18.7. The lowest BCUT2D eigenvalue weighted by atomic mass is 9.98. The minimum absolute atomic E-state index is 0.0891. The molecule has 2 aromatic heterocycles. The Morgan fingerprint density at radius 3 is 1.64 bits per heavy atom. The molecule has 18 heteroatoms. The van der Waals surface area contributed by atoms with Gasteiger partial charge in [0.15, 0.2) is 11.6 Å². The number of pyridine rings is 1. The molecule has 8 bridgehead atoms. The number of nitrogen functional groups attached to an aromatic ring is 1. The number of phenolic OH excluding ortho intramolecular Hbond substituents is 3. The number of carbonyl (C=O) groups excluding carboxylic acids is 1. The lowest BCUT2D eigenvalue weighted by Crippen LogP contribution is -2.39. The number of ether oxygens (including phenoxy) is 2. The molecule has 1 amide bonds. The van der Waals surface area contributed by atoms with Crippen molar-refractivity contribution < 1.29 is 34.0 Å². The van der Waals surface area contributed by atoms with Gasteiger partial charge in [0.2, 0.25) is 5.91 Å². The van der Waals surface area contributed by atoms with Crippen LogP contribution in [0, 0.1) is 5.82 Å². The first-order valence-electron chi connectivity index (χ1n) is 28.8. The van der Waals surface area contributed by atoms with E-state index >= 15 is 0 Å². The average molecular weight is 1210 g/mol. The fourth-order valence-electron chi connectivity index (χ4n) is 11.7. The van der Waals surface area contributed by atoms with Crippen molar-refractivity contribution in [2.24, 2.45) is 20.0 Å².